The smallest absolute Gasteiger partial charge is 0.245 e. The number of rotatable bonds is 2. The molecule has 0 radical (unpaired) electrons. The number of nitrogen functional groups attached to an aromatic ring is 1. The molecule has 102 valence electrons. The Morgan fingerprint density at radius 3 is 2.89 bits per heavy atom. The average Bonchev–Trinajstić information content (AvgIpc) is 2.35. The zero-order chi connectivity index (χ0) is 14.0. The van der Waals surface area contributed by atoms with E-state index in [-0.39, 0.29) is 18.2 Å². The molecule has 6 heteroatoms. The summed E-state index contributed by atoms with van der Waals surface area (Å²) in [5, 5.41) is 2.76. The molecule has 0 unspecified atom stereocenters. The van der Waals surface area contributed by atoms with Crippen molar-refractivity contribution in [3.63, 3.8) is 0 Å². The highest BCUT2D eigenvalue weighted by Gasteiger charge is 2.40. The Morgan fingerprint density at radius 1 is 1.53 bits per heavy atom. The summed E-state index contributed by atoms with van der Waals surface area (Å²) in [5.74, 6) is -0.227. The molecule has 1 aliphatic rings. The predicted molar refractivity (Wildman–Crippen MR) is 71.2 cm³/mol. The zero-order valence-corrected chi connectivity index (χ0v) is 11.1. The summed E-state index contributed by atoms with van der Waals surface area (Å²) in [5.41, 5.74) is 5.95. The van der Waals surface area contributed by atoms with Crippen molar-refractivity contribution in [3.05, 3.63) is 24.0 Å². The van der Waals surface area contributed by atoms with Gasteiger partial charge < -0.3 is 16.0 Å². The van der Waals surface area contributed by atoms with Gasteiger partial charge in [-0.15, -0.1) is 0 Å². The van der Waals surface area contributed by atoms with Crippen LogP contribution < -0.4 is 11.1 Å². The summed E-state index contributed by atoms with van der Waals surface area (Å²) >= 11 is 0. The van der Waals surface area contributed by atoms with E-state index < -0.39 is 5.54 Å². The van der Waals surface area contributed by atoms with Crippen molar-refractivity contribution in [1.29, 1.82) is 0 Å². The molecule has 0 atom stereocenters. The van der Waals surface area contributed by atoms with Gasteiger partial charge in [-0.3, -0.25) is 14.6 Å². The van der Waals surface area contributed by atoms with E-state index in [2.05, 4.69) is 10.3 Å². The van der Waals surface area contributed by atoms with E-state index in [1.807, 2.05) is 0 Å². The van der Waals surface area contributed by atoms with Gasteiger partial charge >= 0.3 is 0 Å². The minimum atomic E-state index is -0.816. The van der Waals surface area contributed by atoms with E-state index in [1.54, 1.807) is 30.9 Å². The number of piperazine rings is 1. The molecule has 1 aromatic heterocycles. The maximum atomic E-state index is 12.3. The summed E-state index contributed by atoms with van der Waals surface area (Å²) in [6, 6.07) is 3.44. The van der Waals surface area contributed by atoms with E-state index >= 15 is 0 Å². The summed E-state index contributed by atoms with van der Waals surface area (Å²) < 4.78 is 0. The van der Waals surface area contributed by atoms with Gasteiger partial charge in [-0.1, -0.05) is 0 Å². The van der Waals surface area contributed by atoms with E-state index in [9.17, 15) is 9.59 Å². The Labute approximate surface area is 112 Å². The summed E-state index contributed by atoms with van der Waals surface area (Å²) in [6.07, 6.45) is 1.70. The van der Waals surface area contributed by atoms with E-state index in [4.69, 9.17) is 5.73 Å². The van der Waals surface area contributed by atoms with Crippen molar-refractivity contribution in [2.45, 2.75) is 25.8 Å². The maximum Gasteiger partial charge on any atom is 0.245 e. The van der Waals surface area contributed by atoms with Gasteiger partial charge in [-0.25, -0.2) is 0 Å². The topological polar surface area (TPSA) is 88.3 Å². The van der Waals surface area contributed by atoms with Gasteiger partial charge in [0.2, 0.25) is 11.8 Å². The molecule has 0 saturated carbocycles. The van der Waals surface area contributed by atoms with Crippen LogP contribution in [0.5, 0.6) is 0 Å². The normalized spacial score (nSPS) is 18.0. The van der Waals surface area contributed by atoms with Crippen molar-refractivity contribution in [2.24, 2.45) is 0 Å². The number of hydrogen-bond donors (Lipinski definition) is 2. The Kier molecular flexibility index (Phi) is 3.42. The molecule has 0 aromatic carbocycles. The second kappa shape index (κ2) is 4.87. The Bertz CT molecular complexity index is 496. The lowest BCUT2D eigenvalue weighted by Crippen LogP contribution is -2.63. The van der Waals surface area contributed by atoms with Gasteiger partial charge in [-0.05, 0) is 26.0 Å². The van der Waals surface area contributed by atoms with Crippen molar-refractivity contribution in [2.75, 3.05) is 18.8 Å². The van der Waals surface area contributed by atoms with E-state index in [1.165, 1.54) is 6.20 Å². The molecule has 19 heavy (non-hydrogen) atoms. The molecule has 1 aliphatic heterocycles. The third-order valence-corrected chi connectivity index (χ3v) is 3.33. The lowest BCUT2D eigenvalue weighted by atomic mass is 9.98. The van der Waals surface area contributed by atoms with Gasteiger partial charge in [0.15, 0.2) is 0 Å². The number of carbonyl (C=O) groups is 2. The Morgan fingerprint density at radius 2 is 2.26 bits per heavy atom. The number of nitrogens with one attached hydrogen (secondary N) is 1. The fraction of sp³-hybridized carbons (Fsp3) is 0.462. The SMILES string of the molecule is CC1(C)C(=O)NCCN1C(=O)Cc1ccc(N)cn1. The lowest BCUT2D eigenvalue weighted by Gasteiger charge is -2.41. The number of pyridine rings is 1. The van der Waals surface area contributed by atoms with Crippen LogP contribution in [0.25, 0.3) is 0 Å². The lowest BCUT2D eigenvalue weighted by molar-refractivity contribution is -0.148. The van der Waals surface area contributed by atoms with Crippen LogP contribution in [-0.2, 0) is 16.0 Å². The largest absolute Gasteiger partial charge is 0.397 e. The minimum absolute atomic E-state index is 0.0999. The summed E-state index contributed by atoms with van der Waals surface area (Å²) in [6.45, 7) is 4.50. The standard InChI is InChI=1S/C13H18N4O2/c1-13(2)12(19)15-5-6-17(13)11(18)7-10-4-3-9(14)8-16-10/h3-4,8H,5-7,14H2,1-2H3,(H,15,19). The van der Waals surface area contributed by atoms with E-state index in [0.717, 1.165) is 0 Å². The molecule has 0 bridgehead atoms. The number of aromatic nitrogens is 1. The first-order valence-electron chi connectivity index (χ1n) is 6.20. The second-order valence-electron chi connectivity index (χ2n) is 5.12. The van der Waals surface area contributed by atoms with Gasteiger partial charge in [0, 0.05) is 18.8 Å². The Balaban J connectivity index is 2.11. The molecule has 3 N–H and O–H groups in total. The molecule has 2 amide bonds. The van der Waals surface area contributed by atoms with Crippen LogP contribution in [0, 0.1) is 0 Å². The van der Waals surface area contributed by atoms with E-state index in [0.29, 0.717) is 24.5 Å². The minimum Gasteiger partial charge on any atom is -0.397 e. The monoisotopic (exact) mass is 262 g/mol. The molecular weight excluding hydrogens is 244 g/mol. The van der Waals surface area contributed by atoms with Crippen LogP contribution in [0.15, 0.2) is 18.3 Å². The highest BCUT2D eigenvalue weighted by Crippen LogP contribution is 2.19. The maximum absolute atomic E-state index is 12.3. The first kappa shape index (κ1) is 13.3. The first-order valence-corrected chi connectivity index (χ1v) is 6.20. The van der Waals surface area contributed by atoms with Crippen molar-refractivity contribution < 1.29 is 9.59 Å². The molecular formula is C13H18N4O2. The highest BCUT2D eigenvalue weighted by atomic mass is 16.2. The number of amides is 2. The molecule has 1 fully saturated rings. The van der Waals surface area contributed by atoms with Crippen molar-refractivity contribution >= 4 is 17.5 Å². The molecule has 0 spiro atoms. The summed E-state index contributed by atoms with van der Waals surface area (Å²) in [4.78, 5) is 29.8. The molecule has 1 saturated heterocycles. The zero-order valence-electron chi connectivity index (χ0n) is 11.1. The first-order chi connectivity index (χ1) is 8.91. The van der Waals surface area contributed by atoms with Crippen LogP contribution in [0.4, 0.5) is 5.69 Å². The van der Waals surface area contributed by atoms with Crippen molar-refractivity contribution in [1.82, 2.24) is 15.2 Å². The fourth-order valence-corrected chi connectivity index (χ4v) is 2.13. The highest BCUT2D eigenvalue weighted by molar-refractivity contribution is 5.92. The van der Waals surface area contributed by atoms with Crippen LogP contribution in [0.2, 0.25) is 0 Å². The molecule has 0 aliphatic carbocycles. The third kappa shape index (κ3) is 2.67. The number of nitrogens with zero attached hydrogens (tertiary/aromatic N) is 2. The third-order valence-electron chi connectivity index (χ3n) is 3.33. The average molecular weight is 262 g/mol. The Hall–Kier alpha value is -2.11. The quantitative estimate of drug-likeness (QED) is 0.781. The predicted octanol–water partition coefficient (Wildman–Crippen LogP) is -0.0567. The van der Waals surface area contributed by atoms with Gasteiger partial charge in [0.25, 0.3) is 0 Å². The van der Waals surface area contributed by atoms with Gasteiger partial charge in [0.1, 0.15) is 5.54 Å². The second-order valence-corrected chi connectivity index (χ2v) is 5.12. The van der Waals surface area contributed by atoms with Crippen LogP contribution >= 0.6 is 0 Å². The molecule has 2 rings (SSSR count). The molecule has 6 nitrogen and oxygen atoms in total. The van der Waals surface area contributed by atoms with Crippen LogP contribution in [0.3, 0.4) is 0 Å². The van der Waals surface area contributed by atoms with Crippen LogP contribution in [0.1, 0.15) is 19.5 Å². The van der Waals surface area contributed by atoms with Gasteiger partial charge in [-0.2, -0.15) is 0 Å². The van der Waals surface area contributed by atoms with Gasteiger partial charge in [0.05, 0.1) is 18.3 Å². The number of nitrogens with two attached hydrogens (primary N) is 1. The molecule has 1 aromatic rings. The van der Waals surface area contributed by atoms with Crippen molar-refractivity contribution in [3.8, 4) is 0 Å². The summed E-state index contributed by atoms with van der Waals surface area (Å²) in [7, 11) is 0. The fourth-order valence-electron chi connectivity index (χ4n) is 2.13. The number of carbonyl (C=O) groups excluding carboxylic acids is 2. The molecule has 2 heterocycles. The van der Waals surface area contributed by atoms with Crippen LogP contribution in [-0.4, -0.2) is 40.3 Å². The number of hydrogen-bond acceptors (Lipinski definition) is 4. The number of anilines is 1.